The van der Waals surface area contributed by atoms with Crippen LogP contribution in [0.3, 0.4) is 0 Å². The molecule has 0 bridgehead atoms. The number of hydrogen-bond donors (Lipinski definition) is 1. The van der Waals surface area contributed by atoms with Crippen LogP contribution < -0.4 is 19.7 Å². The van der Waals surface area contributed by atoms with Gasteiger partial charge in [-0.25, -0.2) is 14.7 Å². The number of hydrogen-bond acceptors (Lipinski definition) is 7. The van der Waals surface area contributed by atoms with Crippen LogP contribution in [-0.2, 0) is 6.42 Å². The monoisotopic (exact) mass is 553 g/mol. The molecule has 0 aliphatic rings. The smallest absolute Gasteiger partial charge is 0.425 e. The number of carbonyl (C=O) groups is 1. The molecule has 214 valence electrons. The van der Waals surface area contributed by atoms with Crippen LogP contribution in [0.1, 0.15) is 36.5 Å². The second-order valence-electron chi connectivity index (χ2n) is 10.2. The van der Waals surface area contributed by atoms with Crippen LogP contribution in [-0.4, -0.2) is 48.2 Å². The summed E-state index contributed by atoms with van der Waals surface area (Å²) in [6, 6.07) is 23.0. The molecular weight excluding hydrogens is 514 g/mol. The SMILES string of the molecule is CCCc1ccccc1N(C(=O)Oc1c(C)cccc1C)c1ccnc(Nc2ccc(OCCCN(C)C)cc2)n1. The van der Waals surface area contributed by atoms with Crippen LogP contribution in [0, 0.1) is 13.8 Å². The number of anilines is 4. The van der Waals surface area contributed by atoms with Gasteiger partial charge in [-0.1, -0.05) is 49.7 Å². The highest BCUT2D eigenvalue weighted by Gasteiger charge is 2.25. The second-order valence-corrected chi connectivity index (χ2v) is 10.2. The van der Waals surface area contributed by atoms with Gasteiger partial charge in [0, 0.05) is 24.5 Å². The van der Waals surface area contributed by atoms with E-state index in [0.717, 1.165) is 59.6 Å². The highest BCUT2D eigenvalue weighted by Crippen LogP contribution is 2.32. The molecule has 0 spiro atoms. The number of aryl methyl sites for hydroxylation is 3. The van der Waals surface area contributed by atoms with Gasteiger partial charge < -0.3 is 19.7 Å². The first-order valence-electron chi connectivity index (χ1n) is 14.0. The first kappa shape index (κ1) is 29.6. The van der Waals surface area contributed by atoms with Crippen molar-refractivity contribution in [3.05, 3.63) is 95.7 Å². The Morgan fingerprint density at radius 3 is 2.37 bits per heavy atom. The van der Waals surface area contributed by atoms with E-state index in [1.165, 1.54) is 4.90 Å². The Balaban J connectivity index is 1.59. The maximum Gasteiger partial charge on any atom is 0.425 e. The average molecular weight is 554 g/mol. The highest BCUT2D eigenvalue weighted by atomic mass is 16.6. The van der Waals surface area contributed by atoms with Gasteiger partial charge in [0.2, 0.25) is 5.95 Å². The number of benzene rings is 3. The lowest BCUT2D eigenvalue weighted by Crippen LogP contribution is -2.31. The zero-order valence-electron chi connectivity index (χ0n) is 24.6. The number of amides is 1. The molecule has 8 heteroatoms. The summed E-state index contributed by atoms with van der Waals surface area (Å²) in [4.78, 5) is 26.6. The Labute approximate surface area is 243 Å². The van der Waals surface area contributed by atoms with E-state index in [2.05, 4.69) is 36.2 Å². The molecule has 41 heavy (non-hydrogen) atoms. The predicted molar refractivity (Wildman–Crippen MR) is 165 cm³/mol. The molecule has 1 amide bonds. The minimum absolute atomic E-state index is 0.361. The van der Waals surface area contributed by atoms with Crippen molar-refractivity contribution in [2.45, 2.75) is 40.0 Å². The molecule has 0 radical (unpaired) electrons. The third-order valence-corrected chi connectivity index (χ3v) is 6.53. The molecule has 0 fully saturated rings. The molecule has 0 aliphatic heterocycles. The molecule has 3 aromatic carbocycles. The second kappa shape index (κ2) is 14.3. The summed E-state index contributed by atoms with van der Waals surface area (Å²) in [5.41, 5.74) is 4.33. The number of rotatable bonds is 12. The molecule has 0 saturated heterocycles. The molecule has 1 aromatic heterocycles. The molecule has 8 nitrogen and oxygen atoms in total. The molecule has 1 heterocycles. The van der Waals surface area contributed by atoms with Crippen molar-refractivity contribution in [3.8, 4) is 11.5 Å². The minimum atomic E-state index is -0.536. The van der Waals surface area contributed by atoms with Crippen molar-refractivity contribution < 1.29 is 14.3 Å². The van der Waals surface area contributed by atoms with Crippen molar-refractivity contribution in [2.24, 2.45) is 0 Å². The summed E-state index contributed by atoms with van der Waals surface area (Å²) < 4.78 is 11.8. The van der Waals surface area contributed by atoms with E-state index in [0.29, 0.717) is 24.1 Å². The van der Waals surface area contributed by atoms with Gasteiger partial charge in [0.25, 0.3) is 0 Å². The number of carbonyl (C=O) groups excluding carboxylic acids is 1. The number of nitrogens with zero attached hydrogens (tertiary/aromatic N) is 4. The normalized spacial score (nSPS) is 10.9. The number of ether oxygens (including phenoxy) is 2. The first-order valence-corrected chi connectivity index (χ1v) is 14.0. The van der Waals surface area contributed by atoms with Crippen molar-refractivity contribution in [1.82, 2.24) is 14.9 Å². The number of para-hydroxylation sites is 2. The fourth-order valence-electron chi connectivity index (χ4n) is 4.49. The summed E-state index contributed by atoms with van der Waals surface area (Å²) in [5, 5.41) is 3.24. The highest BCUT2D eigenvalue weighted by molar-refractivity contribution is 5.97. The van der Waals surface area contributed by atoms with Crippen molar-refractivity contribution in [1.29, 1.82) is 0 Å². The Morgan fingerprint density at radius 2 is 1.66 bits per heavy atom. The standard InChI is InChI=1S/C33H39N5O3/c1-6-11-26-14-7-8-15-29(26)38(33(39)41-31-24(2)12-9-13-25(31)3)30-20-21-34-32(36-30)35-27-16-18-28(19-17-27)40-23-10-22-37(4)5/h7-9,12-21H,6,10-11,22-23H2,1-5H3,(H,34,35,36). The van der Waals surface area contributed by atoms with E-state index < -0.39 is 6.09 Å². The Morgan fingerprint density at radius 1 is 0.927 bits per heavy atom. The molecular formula is C33H39N5O3. The maximum atomic E-state index is 13.8. The lowest BCUT2D eigenvalue weighted by Gasteiger charge is -2.24. The Bertz CT molecular complexity index is 1420. The topological polar surface area (TPSA) is 79.8 Å². The lowest BCUT2D eigenvalue weighted by atomic mass is 10.1. The van der Waals surface area contributed by atoms with E-state index in [9.17, 15) is 4.79 Å². The summed E-state index contributed by atoms with van der Waals surface area (Å²) in [6.07, 6.45) is 3.80. The Hall–Kier alpha value is -4.43. The number of aromatic nitrogens is 2. The van der Waals surface area contributed by atoms with Crippen molar-refractivity contribution in [3.63, 3.8) is 0 Å². The molecule has 0 saturated carbocycles. The zero-order chi connectivity index (χ0) is 29.2. The quantitative estimate of drug-likeness (QED) is 0.182. The van der Waals surface area contributed by atoms with E-state index in [-0.39, 0.29) is 0 Å². The third-order valence-electron chi connectivity index (χ3n) is 6.53. The molecule has 0 atom stereocenters. The van der Waals surface area contributed by atoms with Crippen molar-refractivity contribution >= 4 is 29.2 Å². The minimum Gasteiger partial charge on any atom is -0.494 e. The largest absolute Gasteiger partial charge is 0.494 e. The fraction of sp³-hybridized carbons (Fsp3) is 0.303. The van der Waals surface area contributed by atoms with Gasteiger partial charge in [0.1, 0.15) is 17.3 Å². The van der Waals surface area contributed by atoms with Crippen LogP contribution in [0.2, 0.25) is 0 Å². The molecule has 4 aromatic rings. The summed E-state index contributed by atoms with van der Waals surface area (Å²) in [7, 11) is 4.10. The van der Waals surface area contributed by atoms with Gasteiger partial charge in [-0.05, 0) is 87.8 Å². The van der Waals surface area contributed by atoms with Crippen LogP contribution in [0.25, 0.3) is 0 Å². The maximum absolute atomic E-state index is 13.8. The van der Waals surface area contributed by atoms with Crippen LogP contribution >= 0.6 is 0 Å². The molecule has 0 unspecified atom stereocenters. The van der Waals surface area contributed by atoms with E-state index in [1.54, 1.807) is 12.3 Å². The van der Waals surface area contributed by atoms with Gasteiger partial charge in [0.05, 0.1) is 12.3 Å². The van der Waals surface area contributed by atoms with Gasteiger partial charge >= 0.3 is 6.09 Å². The average Bonchev–Trinajstić information content (AvgIpc) is 2.95. The van der Waals surface area contributed by atoms with Crippen LogP contribution in [0.4, 0.5) is 27.9 Å². The lowest BCUT2D eigenvalue weighted by molar-refractivity contribution is 0.209. The van der Waals surface area contributed by atoms with Crippen LogP contribution in [0.5, 0.6) is 11.5 Å². The molecule has 4 rings (SSSR count). The van der Waals surface area contributed by atoms with Crippen molar-refractivity contribution in [2.75, 3.05) is 37.5 Å². The van der Waals surface area contributed by atoms with Gasteiger partial charge in [-0.2, -0.15) is 4.98 Å². The zero-order valence-corrected chi connectivity index (χ0v) is 24.6. The summed E-state index contributed by atoms with van der Waals surface area (Å²) in [6.45, 7) is 7.60. The van der Waals surface area contributed by atoms with Gasteiger partial charge in [-0.3, -0.25) is 0 Å². The molecule has 0 aliphatic carbocycles. The first-order chi connectivity index (χ1) is 19.9. The van der Waals surface area contributed by atoms with E-state index in [4.69, 9.17) is 14.5 Å². The predicted octanol–water partition coefficient (Wildman–Crippen LogP) is 7.46. The van der Waals surface area contributed by atoms with Gasteiger partial charge in [0.15, 0.2) is 0 Å². The Kier molecular flexibility index (Phi) is 10.3. The third kappa shape index (κ3) is 8.05. The summed E-state index contributed by atoms with van der Waals surface area (Å²) >= 11 is 0. The fourth-order valence-corrected chi connectivity index (χ4v) is 4.49. The molecule has 1 N–H and O–H groups in total. The van der Waals surface area contributed by atoms with E-state index >= 15 is 0 Å². The van der Waals surface area contributed by atoms with Gasteiger partial charge in [-0.15, -0.1) is 0 Å². The summed E-state index contributed by atoms with van der Waals surface area (Å²) in [5.74, 6) is 2.12. The van der Waals surface area contributed by atoms with E-state index in [1.807, 2.05) is 80.6 Å². The number of nitrogens with one attached hydrogen (secondary N) is 1. The van der Waals surface area contributed by atoms with Crippen LogP contribution in [0.15, 0.2) is 79.0 Å².